The molecule has 0 unspecified atom stereocenters. The molecule has 0 aromatic carbocycles. The molecule has 0 atom stereocenters. The topological polar surface area (TPSA) is 61.0 Å². The van der Waals surface area contributed by atoms with Gasteiger partial charge < -0.3 is 9.68 Å². The molecule has 0 bridgehead atoms. The molecule has 2 aliphatic rings. The molecule has 2 aliphatic carbocycles. The lowest BCUT2D eigenvalue weighted by Crippen LogP contribution is -2.17. The van der Waals surface area contributed by atoms with Crippen molar-refractivity contribution in [2.24, 2.45) is 33.0 Å². The molecule has 1 heterocycles. The second kappa shape index (κ2) is 10.6. The summed E-state index contributed by atoms with van der Waals surface area (Å²) in [6.45, 7) is 13.5. The van der Waals surface area contributed by atoms with E-state index in [1.807, 2.05) is 23.1 Å². The van der Waals surface area contributed by atoms with Gasteiger partial charge in [0.2, 0.25) is 0 Å². The minimum Gasteiger partial charge on any atom is -0.396 e. The molecule has 2 fully saturated rings. The van der Waals surface area contributed by atoms with Crippen LogP contribution in [-0.4, -0.2) is 34.4 Å². The van der Waals surface area contributed by atoms with Gasteiger partial charge in [0.1, 0.15) is 13.2 Å². The van der Waals surface area contributed by atoms with Crippen LogP contribution >= 0.6 is 0 Å². The highest BCUT2D eigenvalue weighted by Gasteiger charge is 2.31. The van der Waals surface area contributed by atoms with E-state index in [2.05, 4.69) is 50.0 Å². The second-order valence-corrected chi connectivity index (χ2v) is 11.3. The van der Waals surface area contributed by atoms with Crippen LogP contribution in [-0.2, 0) is 16.2 Å². The Balaban J connectivity index is 1.37. The van der Waals surface area contributed by atoms with Crippen molar-refractivity contribution >= 4 is 11.4 Å². The van der Waals surface area contributed by atoms with Crippen LogP contribution in [0.15, 0.2) is 28.8 Å². The molecule has 3 rings (SSSR count). The van der Waals surface area contributed by atoms with Crippen molar-refractivity contribution in [2.75, 3.05) is 13.2 Å². The highest BCUT2D eigenvalue weighted by molar-refractivity contribution is 5.89. The molecular formula is C25H42N4O2. The van der Waals surface area contributed by atoms with E-state index in [1.54, 1.807) is 0 Å². The number of aryl methyl sites for hydroxylation is 1. The minimum absolute atomic E-state index is 0.200. The van der Waals surface area contributed by atoms with E-state index < -0.39 is 0 Å². The summed E-state index contributed by atoms with van der Waals surface area (Å²) in [5.41, 5.74) is 2.84. The van der Waals surface area contributed by atoms with E-state index in [4.69, 9.17) is 9.68 Å². The summed E-state index contributed by atoms with van der Waals surface area (Å²) >= 11 is 0. The van der Waals surface area contributed by atoms with Gasteiger partial charge in [0, 0.05) is 37.2 Å². The quantitative estimate of drug-likeness (QED) is 0.204. The third-order valence-electron chi connectivity index (χ3n) is 6.07. The van der Waals surface area contributed by atoms with Gasteiger partial charge in [-0.05, 0) is 61.8 Å². The first-order chi connectivity index (χ1) is 14.7. The van der Waals surface area contributed by atoms with Crippen LogP contribution in [0.25, 0.3) is 0 Å². The van der Waals surface area contributed by atoms with Gasteiger partial charge in [-0.15, -0.1) is 0 Å². The number of rotatable bonds is 14. The van der Waals surface area contributed by atoms with Gasteiger partial charge in [-0.1, -0.05) is 44.9 Å². The van der Waals surface area contributed by atoms with Crippen LogP contribution in [0.4, 0.5) is 0 Å². The standard InChI is InChI=1S/C25H42N4O2/c1-24(2,3)19-23(21-9-10-21)28-30-17-11-22(20-7-8-20)27-31-18-13-25(4,5)12-16-29-15-6-14-26-29/h6,14-15,20-21H,7-13,16-19H2,1-5H3/b27-22-,28-23-. The molecular weight excluding hydrogens is 388 g/mol. The van der Waals surface area contributed by atoms with E-state index in [1.165, 1.54) is 31.4 Å². The number of hydrogen-bond acceptors (Lipinski definition) is 5. The Labute approximate surface area is 188 Å². The Morgan fingerprint density at radius 1 is 0.935 bits per heavy atom. The number of aromatic nitrogens is 2. The maximum atomic E-state index is 5.74. The molecule has 174 valence electrons. The van der Waals surface area contributed by atoms with Crippen molar-refractivity contribution in [2.45, 2.75) is 92.5 Å². The molecule has 1 aromatic rings. The van der Waals surface area contributed by atoms with Crippen molar-refractivity contribution in [3.05, 3.63) is 18.5 Å². The van der Waals surface area contributed by atoms with Gasteiger partial charge in [0.05, 0.1) is 11.4 Å². The number of oxime groups is 2. The Bertz CT molecular complexity index is 723. The van der Waals surface area contributed by atoms with Gasteiger partial charge >= 0.3 is 0 Å². The second-order valence-electron chi connectivity index (χ2n) is 11.3. The molecule has 0 spiro atoms. The summed E-state index contributed by atoms with van der Waals surface area (Å²) in [7, 11) is 0. The Kier molecular flexibility index (Phi) is 8.17. The SMILES string of the molecule is CC(C)(C)C/C(=N/OCC/C(=N/OCCC(C)(C)CCn1cccn1)C1CC1)C1CC1. The lowest BCUT2D eigenvalue weighted by atomic mass is 9.86. The lowest BCUT2D eigenvalue weighted by molar-refractivity contribution is 0.103. The molecule has 0 amide bonds. The molecule has 0 saturated heterocycles. The van der Waals surface area contributed by atoms with Crippen molar-refractivity contribution in [3.63, 3.8) is 0 Å². The molecule has 0 radical (unpaired) electrons. The maximum absolute atomic E-state index is 5.74. The van der Waals surface area contributed by atoms with Gasteiger partial charge in [-0.25, -0.2) is 0 Å². The van der Waals surface area contributed by atoms with Crippen LogP contribution in [0.5, 0.6) is 0 Å². The fourth-order valence-corrected chi connectivity index (χ4v) is 3.66. The van der Waals surface area contributed by atoms with Crippen LogP contribution < -0.4 is 0 Å². The average molecular weight is 431 g/mol. The summed E-state index contributed by atoms with van der Waals surface area (Å²) in [4.78, 5) is 11.5. The third kappa shape index (κ3) is 9.44. The zero-order chi connectivity index (χ0) is 22.3. The third-order valence-corrected chi connectivity index (χ3v) is 6.07. The normalized spacial score (nSPS) is 18.4. The molecule has 2 saturated carbocycles. The van der Waals surface area contributed by atoms with Crippen molar-refractivity contribution in [3.8, 4) is 0 Å². The van der Waals surface area contributed by atoms with Crippen molar-refractivity contribution in [1.82, 2.24) is 9.78 Å². The summed E-state index contributed by atoms with van der Waals surface area (Å²) in [6, 6.07) is 1.97. The van der Waals surface area contributed by atoms with Gasteiger partial charge in [0.25, 0.3) is 0 Å². The van der Waals surface area contributed by atoms with Crippen LogP contribution in [0, 0.1) is 22.7 Å². The van der Waals surface area contributed by atoms with E-state index >= 15 is 0 Å². The average Bonchev–Trinajstić information content (AvgIpc) is 3.62. The van der Waals surface area contributed by atoms with Crippen LogP contribution in [0.1, 0.15) is 86.0 Å². The highest BCUT2D eigenvalue weighted by Crippen LogP contribution is 2.36. The Morgan fingerprint density at radius 3 is 2.19 bits per heavy atom. The molecule has 31 heavy (non-hydrogen) atoms. The number of nitrogens with zero attached hydrogens (tertiary/aromatic N) is 4. The van der Waals surface area contributed by atoms with E-state index in [0.29, 0.717) is 25.0 Å². The van der Waals surface area contributed by atoms with E-state index in [9.17, 15) is 0 Å². The smallest absolute Gasteiger partial charge is 0.122 e. The predicted octanol–water partition coefficient (Wildman–Crippen LogP) is 6.08. The van der Waals surface area contributed by atoms with E-state index in [0.717, 1.165) is 37.9 Å². The molecule has 1 aromatic heterocycles. The van der Waals surface area contributed by atoms with Crippen LogP contribution in [0.3, 0.4) is 0 Å². The fraction of sp³-hybridized carbons (Fsp3) is 0.800. The largest absolute Gasteiger partial charge is 0.396 e. The predicted molar refractivity (Wildman–Crippen MR) is 126 cm³/mol. The summed E-state index contributed by atoms with van der Waals surface area (Å²) in [6.07, 6.45) is 12.7. The Hall–Kier alpha value is -1.85. The summed E-state index contributed by atoms with van der Waals surface area (Å²) < 4.78 is 1.99. The molecule has 0 N–H and O–H groups in total. The molecule has 6 nitrogen and oxygen atoms in total. The van der Waals surface area contributed by atoms with E-state index in [-0.39, 0.29) is 10.8 Å². The first kappa shape index (κ1) is 23.8. The Morgan fingerprint density at radius 2 is 1.58 bits per heavy atom. The first-order valence-electron chi connectivity index (χ1n) is 12.1. The van der Waals surface area contributed by atoms with Gasteiger partial charge in [0.15, 0.2) is 0 Å². The van der Waals surface area contributed by atoms with Gasteiger partial charge in [-0.3, -0.25) is 4.68 Å². The maximum Gasteiger partial charge on any atom is 0.122 e. The van der Waals surface area contributed by atoms with Crippen molar-refractivity contribution < 1.29 is 9.68 Å². The highest BCUT2D eigenvalue weighted by atomic mass is 16.6. The fourth-order valence-electron chi connectivity index (χ4n) is 3.66. The number of hydrogen-bond donors (Lipinski definition) is 0. The van der Waals surface area contributed by atoms with Gasteiger partial charge in [-0.2, -0.15) is 5.10 Å². The monoisotopic (exact) mass is 430 g/mol. The molecule has 6 heteroatoms. The molecule has 0 aliphatic heterocycles. The first-order valence-corrected chi connectivity index (χ1v) is 12.1. The zero-order valence-electron chi connectivity index (χ0n) is 20.3. The summed E-state index contributed by atoms with van der Waals surface area (Å²) in [5.74, 6) is 1.23. The zero-order valence-corrected chi connectivity index (χ0v) is 20.3. The lowest BCUT2D eigenvalue weighted by Gasteiger charge is -2.23. The van der Waals surface area contributed by atoms with Crippen LogP contribution in [0.2, 0.25) is 0 Å². The summed E-state index contributed by atoms with van der Waals surface area (Å²) in [5, 5.41) is 13.3. The van der Waals surface area contributed by atoms with Crippen molar-refractivity contribution in [1.29, 1.82) is 0 Å². The minimum atomic E-state index is 0.200.